The van der Waals surface area contributed by atoms with Crippen molar-refractivity contribution < 1.29 is 18.7 Å². The van der Waals surface area contributed by atoms with Crippen LogP contribution in [0.5, 0.6) is 5.75 Å². The lowest BCUT2D eigenvalue weighted by Crippen LogP contribution is -2.30. The number of rotatable bonds is 15. The van der Waals surface area contributed by atoms with E-state index in [1.807, 2.05) is 60.7 Å². The fourth-order valence-electron chi connectivity index (χ4n) is 4.05. The van der Waals surface area contributed by atoms with Crippen LogP contribution in [0.4, 0.5) is 0 Å². The lowest BCUT2D eigenvalue weighted by molar-refractivity contribution is -0.138. The first-order chi connectivity index (χ1) is 18.7. The largest absolute Gasteiger partial charge is 0.493 e. The maximum absolute atomic E-state index is 12.1. The number of carbonyl (C=O) groups is 2. The van der Waals surface area contributed by atoms with Crippen molar-refractivity contribution in [1.29, 1.82) is 0 Å². The second kappa shape index (κ2) is 14.5. The summed E-state index contributed by atoms with van der Waals surface area (Å²) in [7, 11) is 0. The average molecular weight is 512 g/mol. The summed E-state index contributed by atoms with van der Waals surface area (Å²) in [6, 6.07) is 27.9. The highest BCUT2D eigenvalue weighted by molar-refractivity contribution is 6.36. The van der Waals surface area contributed by atoms with E-state index in [9.17, 15) is 9.59 Å². The van der Waals surface area contributed by atoms with Gasteiger partial charge in [0.2, 0.25) is 17.6 Å². The molecule has 1 amide bonds. The molecule has 0 saturated heterocycles. The smallest absolute Gasteiger partial charge is 0.287 e. The number of unbranched alkanes of at least 4 members (excludes halogenated alkanes) is 3. The van der Waals surface area contributed by atoms with Crippen molar-refractivity contribution in [2.75, 3.05) is 6.61 Å². The molecule has 3 aromatic carbocycles. The molecule has 0 atom stereocenters. The molecule has 38 heavy (non-hydrogen) atoms. The van der Waals surface area contributed by atoms with Gasteiger partial charge >= 0.3 is 0 Å². The Kier molecular flexibility index (Phi) is 10.2. The number of aromatic nitrogens is 2. The number of nitrogens with zero attached hydrogens (tertiary/aromatic N) is 2. The molecule has 1 aromatic heterocycles. The molecule has 0 bridgehead atoms. The summed E-state index contributed by atoms with van der Waals surface area (Å²) < 4.78 is 11.5. The van der Waals surface area contributed by atoms with Crippen LogP contribution in [0.2, 0.25) is 0 Å². The van der Waals surface area contributed by atoms with Crippen LogP contribution in [0.3, 0.4) is 0 Å². The maximum Gasteiger partial charge on any atom is 0.287 e. The van der Waals surface area contributed by atoms with Gasteiger partial charge in [0.15, 0.2) is 0 Å². The summed E-state index contributed by atoms with van der Waals surface area (Å²) in [4.78, 5) is 24.3. The number of ether oxygens (including phenoxy) is 1. The molecule has 0 aliphatic heterocycles. The van der Waals surface area contributed by atoms with Crippen molar-refractivity contribution in [3.05, 3.63) is 102 Å². The fourth-order valence-corrected chi connectivity index (χ4v) is 4.05. The highest BCUT2D eigenvalue weighted by Gasteiger charge is 2.15. The standard InChI is InChI=1S/C31H33N3O4/c35-28(16-10-2-1-5-11-24-12-6-3-7-13-24)30(36)32-23-29-33-34-31(38-29)26-17-19-27(20-18-26)37-22-21-25-14-8-4-9-15-25/h3-4,6-9,12-15,17-20H,1-2,5,10-11,16,21-23H2,(H,32,36). The Hall–Kier alpha value is -4.26. The van der Waals surface area contributed by atoms with E-state index in [4.69, 9.17) is 9.15 Å². The minimum atomic E-state index is -0.619. The van der Waals surface area contributed by atoms with E-state index >= 15 is 0 Å². The van der Waals surface area contributed by atoms with Gasteiger partial charge < -0.3 is 14.5 Å². The Balaban J connectivity index is 1.12. The number of hydrogen-bond donors (Lipinski definition) is 1. The van der Waals surface area contributed by atoms with Gasteiger partial charge in [0, 0.05) is 18.4 Å². The normalized spacial score (nSPS) is 10.7. The van der Waals surface area contributed by atoms with E-state index in [-0.39, 0.29) is 18.9 Å². The Labute approximate surface area is 223 Å². The molecule has 1 N–H and O–H groups in total. The molecule has 4 aromatic rings. The van der Waals surface area contributed by atoms with Crippen molar-refractivity contribution in [2.24, 2.45) is 0 Å². The molecule has 0 saturated carbocycles. The molecule has 0 fully saturated rings. The van der Waals surface area contributed by atoms with Crippen LogP contribution in [-0.4, -0.2) is 28.5 Å². The van der Waals surface area contributed by atoms with Crippen LogP contribution >= 0.6 is 0 Å². The second-order valence-corrected chi connectivity index (χ2v) is 9.12. The van der Waals surface area contributed by atoms with Crippen LogP contribution < -0.4 is 10.1 Å². The van der Waals surface area contributed by atoms with Gasteiger partial charge in [-0.05, 0) is 54.7 Å². The van der Waals surface area contributed by atoms with E-state index in [0.717, 1.165) is 43.4 Å². The summed E-state index contributed by atoms with van der Waals surface area (Å²) in [5.41, 5.74) is 3.30. The topological polar surface area (TPSA) is 94.3 Å². The molecule has 0 aliphatic carbocycles. The van der Waals surface area contributed by atoms with E-state index in [1.165, 1.54) is 11.1 Å². The Morgan fingerprint density at radius 2 is 1.39 bits per heavy atom. The first-order valence-electron chi connectivity index (χ1n) is 13.1. The van der Waals surface area contributed by atoms with Gasteiger partial charge in [0.05, 0.1) is 13.2 Å². The minimum Gasteiger partial charge on any atom is -0.493 e. The molecule has 0 aliphatic rings. The van der Waals surface area contributed by atoms with Crippen LogP contribution in [0, 0.1) is 0 Å². The monoisotopic (exact) mass is 511 g/mol. The summed E-state index contributed by atoms with van der Waals surface area (Å²) >= 11 is 0. The third-order valence-electron chi connectivity index (χ3n) is 6.19. The first kappa shape index (κ1) is 26.8. The number of aryl methyl sites for hydroxylation is 1. The zero-order valence-corrected chi connectivity index (χ0v) is 21.5. The highest BCUT2D eigenvalue weighted by atomic mass is 16.5. The van der Waals surface area contributed by atoms with E-state index in [0.29, 0.717) is 18.9 Å². The predicted molar refractivity (Wildman–Crippen MR) is 145 cm³/mol. The van der Waals surface area contributed by atoms with Crippen molar-refractivity contribution in [3.8, 4) is 17.2 Å². The lowest BCUT2D eigenvalue weighted by Gasteiger charge is -2.06. The highest BCUT2D eigenvalue weighted by Crippen LogP contribution is 2.21. The molecule has 7 heteroatoms. The quantitative estimate of drug-likeness (QED) is 0.162. The second-order valence-electron chi connectivity index (χ2n) is 9.12. The van der Waals surface area contributed by atoms with Gasteiger partial charge in [-0.3, -0.25) is 9.59 Å². The summed E-state index contributed by atoms with van der Waals surface area (Å²) in [6.07, 6.45) is 5.86. The molecule has 196 valence electrons. The Morgan fingerprint density at radius 1 is 0.737 bits per heavy atom. The maximum atomic E-state index is 12.1. The molecule has 7 nitrogen and oxygen atoms in total. The molecular weight excluding hydrogens is 478 g/mol. The molecule has 0 spiro atoms. The fraction of sp³-hybridized carbons (Fsp3) is 0.290. The number of nitrogens with one attached hydrogen (secondary N) is 1. The number of hydrogen-bond acceptors (Lipinski definition) is 6. The predicted octanol–water partition coefficient (Wildman–Crippen LogP) is 5.74. The number of carbonyl (C=O) groups excluding carboxylic acids is 2. The van der Waals surface area contributed by atoms with Crippen LogP contribution in [-0.2, 0) is 29.0 Å². The Morgan fingerprint density at radius 3 is 2.11 bits per heavy atom. The number of benzene rings is 3. The van der Waals surface area contributed by atoms with Crippen LogP contribution in [0.25, 0.3) is 11.5 Å². The molecule has 0 unspecified atom stereocenters. The molecule has 4 rings (SSSR count). The molecule has 1 heterocycles. The number of ketones is 1. The van der Waals surface area contributed by atoms with Crippen molar-refractivity contribution in [1.82, 2.24) is 15.5 Å². The molecular formula is C31H33N3O4. The minimum absolute atomic E-state index is 0.00926. The zero-order chi connectivity index (χ0) is 26.4. The van der Waals surface area contributed by atoms with Gasteiger partial charge in [-0.1, -0.05) is 73.5 Å². The van der Waals surface area contributed by atoms with Crippen LogP contribution in [0.15, 0.2) is 89.3 Å². The third-order valence-corrected chi connectivity index (χ3v) is 6.19. The van der Waals surface area contributed by atoms with Gasteiger partial charge in [-0.2, -0.15) is 0 Å². The van der Waals surface area contributed by atoms with Gasteiger partial charge in [-0.25, -0.2) is 0 Å². The summed E-state index contributed by atoms with van der Waals surface area (Å²) in [6.45, 7) is 0.593. The third kappa shape index (κ3) is 8.69. The van der Waals surface area contributed by atoms with Crippen LogP contribution in [0.1, 0.15) is 49.1 Å². The van der Waals surface area contributed by atoms with Crippen molar-refractivity contribution in [3.63, 3.8) is 0 Å². The van der Waals surface area contributed by atoms with Gasteiger partial charge in [-0.15, -0.1) is 10.2 Å². The number of amides is 1. The zero-order valence-electron chi connectivity index (χ0n) is 21.5. The van der Waals surface area contributed by atoms with Gasteiger partial charge in [0.25, 0.3) is 5.91 Å². The van der Waals surface area contributed by atoms with E-state index in [1.54, 1.807) is 0 Å². The SMILES string of the molecule is O=C(CCCCCCc1ccccc1)C(=O)NCc1nnc(-c2ccc(OCCc3ccccc3)cc2)o1. The Bertz CT molecular complexity index is 1270. The number of Topliss-reactive ketones (excluding diaryl/α,β-unsaturated/α-hetero) is 1. The van der Waals surface area contributed by atoms with Gasteiger partial charge in [0.1, 0.15) is 5.75 Å². The first-order valence-corrected chi connectivity index (χ1v) is 13.1. The average Bonchev–Trinajstić information content (AvgIpc) is 3.44. The lowest BCUT2D eigenvalue weighted by atomic mass is 10.0. The van der Waals surface area contributed by atoms with E-state index < -0.39 is 11.7 Å². The van der Waals surface area contributed by atoms with Crippen molar-refractivity contribution >= 4 is 11.7 Å². The van der Waals surface area contributed by atoms with E-state index in [2.05, 4.69) is 39.8 Å². The molecule has 0 radical (unpaired) electrons. The van der Waals surface area contributed by atoms with Crippen molar-refractivity contribution in [2.45, 2.75) is 51.5 Å². The summed E-state index contributed by atoms with van der Waals surface area (Å²) in [5, 5.41) is 10.6. The summed E-state index contributed by atoms with van der Waals surface area (Å²) in [5.74, 6) is 0.297.